The molecule has 0 aliphatic carbocycles. The van der Waals surface area contributed by atoms with Crippen molar-refractivity contribution in [3.63, 3.8) is 0 Å². The number of rotatable bonds is 4. The van der Waals surface area contributed by atoms with Gasteiger partial charge in [-0.15, -0.1) is 0 Å². The Morgan fingerprint density at radius 1 is 1.40 bits per heavy atom. The minimum absolute atomic E-state index is 0.000396. The number of nitrogens with zero attached hydrogens (tertiary/aromatic N) is 2. The van der Waals surface area contributed by atoms with Crippen LogP contribution in [0.3, 0.4) is 0 Å². The molecule has 0 saturated heterocycles. The van der Waals surface area contributed by atoms with Crippen LogP contribution in [0.25, 0.3) is 0 Å². The number of carbonyl (C=O) groups is 2. The van der Waals surface area contributed by atoms with E-state index in [0.29, 0.717) is 11.6 Å². The van der Waals surface area contributed by atoms with E-state index in [1.807, 2.05) is 24.0 Å². The highest BCUT2D eigenvalue weighted by atomic mass is 35.5. The monoisotopic (exact) mass is 376 g/mol. The van der Waals surface area contributed by atoms with Gasteiger partial charge >= 0.3 is 5.97 Å². The van der Waals surface area contributed by atoms with Crippen LogP contribution in [0, 0.1) is 6.92 Å². The number of aryl methyl sites for hydroxylation is 2. The molecule has 0 unspecified atom stereocenters. The first-order chi connectivity index (χ1) is 12.0. The number of para-hydroxylation sites is 1. The van der Waals surface area contributed by atoms with E-state index in [2.05, 4.69) is 11.1 Å². The average Bonchev–Trinajstić information content (AvgIpc) is 2.60. The number of anilines is 1. The van der Waals surface area contributed by atoms with Crippen LogP contribution in [-0.2, 0) is 11.2 Å². The second-order valence-corrected chi connectivity index (χ2v) is 7.21. The number of hydrogen-bond donors (Lipinski definition) is 1. The summed E-state index contributed by atoms with van der Waals surface area (Å²) in [6, 6.07) is 7.45. The van der Waals surface area contributed by atoms with Gasteiger partial charge in [-0.1, -0.05) is 41.6 Å². The van der Waals surface area contributed by atoms with E-state index >= 15 is 0 Å². The lowest BCUT2D eigenvalue weighted by atomic mass is 9.98. The van der Waals surface area contributed by atoms with Crippen LogP contribution in [0.15, 0.2) is 35.5 Å². The molecule has 0 fully saturated rings. The first kappa shape index (κ1) is 17.8. The van der Waals surface area contributed by atoms with Crippen molar-refractivity contribution >= 4 is 40.9 Å². The number of amides is 1. The van der Waals surface area contributed by atoms with Crippen LogP contribution < -0.4 is 4.90 Å². The highest BCUT2D eigenvalue weighted by Crippen LogP contribution is 2.32. The van der Waals surface area contributed by atoms with Crippen LogP contribution in [0.2, 0.25) is 5.02 Å². The summed E-state index contributed by atoms with van der Waals surface area (Å²) in [5, 5.41) is 9.64. The van der Waals surface area contributed by atoms with Crippen molar-refractivity contribution in [3.05, 3.63) is 52.2 Å². The summed E-state index contributed by atoms with van der Waals surface area (Å²) in [5.74, 6) is -0.879. The van der Waals surface area contributed by atoms with E-state index in [1.165, 1.54) is 29.6 Å². The predicted molar refractivity (Wildman–Crippen MR) is 98.8 cm³/mol. The van der Waals surface area contributed by atoms with Crippen molar-refractivity contribution in [1.29, 1.82) is 0 Å². The smallest absolute Gasteiger partial charge is 0.337 e. The molecule has 0 radical (unpaired) electrons. The molecule has 0 atom stereocenters. The normalized spacial score (nSPS) is 13.4. The zero-order valence-electron chi connectivity index (χ0n) is 13.7. The molecule has 1 aromatic carbocycles. The van der Waals surface area contributed by atoms with Crippen LogP contribution in [0.4, 0.5) is 5.69 Å². The van der Waals surface area contributed by atoms with E-state index in [9.17, 15) is 9.59 Å². The zero-order chi connectivity index (χ0) is 18.0. The number of aromatic carboxylic acids is 1. The molecule has 1 aliphatic rings. The fourth-order valence-corrected chi connectivity index (χ4v) is 4.02. The fraction of sp³-hybridized carbons (Fsp3) is 0.278. The quantitative estimate of drug-likeness (QED) is 0.821. The first-order valence-electron chi connectivity index (χ1n) is 7.88. The predicted octanol–water partition coefficient (Wildman–Crippen LogP) is 3.81. The Hall–Kier alpha value is -2.05. The zero-order valence-corrected chi connectivity index (χ0v) is 15.2. The molecular formula is C18H17ClN2O3S. The maximum atomic E-state index is 12.7. The number of pyridine rings is 1. The molecule has 130 valence electrons. The van der Waals surface area contributed by atoms with Gasteiger partial charge in [-0.25, -0.2) is 9.78 Å². The Kier molecular flexibility index (Phi) is 5.30. The van der Waals surface area contributed by atoms with Gasteiger partial charge in [0.1, 0.15) is 5.03 Å². The number of carboxylic acids is 1. The van der Waals surface area contributed by atoms with Gasteiger partial charge in [-0.3, -0.25) is 4.79 Å². The molecule has 0 spiro atoms. The van der Waals surface area contributed by atoms with Gasteiger partial charge in [-0.05, 0) is 37.0 Å². The van der Waals surface area contributed by atoms with Gasteiger partial charge in [0.05, 0.1) is 16.3 Å². The summed E-state index contributed by atoms with van der Waals surface area (Å²) < 4.78 is 0. The van der Waals surface area contributed by atoms with Crippen molar-refractivity contribution in [1.82, 2.24) is 4.98 Å². The molecule has 1 aliphatic heterocycles. The van der Waals surface area contributed by atoms with Gasteiger partial charge in [0, 0.05) is 18.4 Å². The van der Waals surface area contributed by atoms with Gasteiger partial charge < -0.3 is 10.0 Å². The van der Waals surface area contributed by atoms with E-state index < -0.39 is 5.97 Å². The van der Waals surface area contributed by atoms with Crippen molar-refractivity contribution in [2.75, 3.05) is 17.2 Å². The van der Waals surface area contributed by atoms with Crippen molar-refractivity contribution < 1.29 is 14.7 Å². The van der Waals surface area contributed by atoms with Gasteiger partial charge in [-0.2, -0.15) is 0 Å². The summed E-state index contributed by atoms with van der Waals surface area (Å²) >= 11 is 7.30. The molecule has 1 N–H and O–H groups in total. The Balaban J connectivity index is 1.73. The van der Waals surface area contributed by atoms with E-state index in [-0.39, 0.29) is 22.2 Å². The molecule has 2 aromatic rings. The molecule has 0 bridgehead atoms. The molecule has 1 amide bonds. The molecule has 5 nitrogen and oxygen atoms in total. The molecule has 0 saturated carbocycles. The Labute approximate surface area is 155 Å². The van der Waals surface area contributed by atoms with Gasteiger partial charge in [0.2, 0.25) is 5.91 Å². The molecule has 1 aromatic heterocycles. The molecule has 2 heterocycles. The maximum Gasteiger partial charge on any atom is 0.337 e. The third kappa shape index (κ3) is 3.80. The second kappa shape index (κ2) is 7.45. The SMILES string of the molecule is Cc1cccc2c1N(C(=O)CSc1ncc(C(=O)O)cc1Cl)CCC2. The first-order valence-corrected chi connectivity index (χ1v) is 9.24. The topological polar surface area (TPSA) is 70.5 Å². The summed E-state index contributed by atoms with van der Waals surface area (Å²) in [7, 11) is 0. The maximum absolute atomic E-state index is 12.7. The number of aromatic nitrogens is 1. The third-order valence-corrected chi connectivity index (χ3v) is 5.50. The third-order valence-electron chi connectivity index (χ3n) is 4.11. The molecule has 3 rings (SSSR count). The fourth-order valence-electron chi connectivity index (χ4n) is 2.95. The minimum Gasteiger partial charge on any atom is -0.478 e. The standard InChI is InChI=1S/C18H17ClN2O3S/c1-11-4-2-5-12-6-3-7-21(16(11)12)15(22)10-25-17-14(19)8-13(9-20-17)18(23)24/h2,4-5,8-9H,3,6-7,10H2,1H3,(H,23,24). The lowest BCUT2D eigenvalue weighted by molar-refractivity contribution is -0.116. The average molecular weight is 377 g/mol. The second-order valence-electron chi connectivity index (χ2n) is 5.84. The van der Waals surface area contributed by atoms with Gasteiger partial charge in [0.25, 0.3) is 0 Å². The highest BCUT2D eigenvalue weighted by Gasteiger charge is 2.24. The van der Waals surface area contributed by atoms with Crippen molar-refractivity contribution in [2.45, 2.75) is 24.8 Å². The number of fused-ring (bicyclic) bond motifs is 1. The van der Waals surface area contributed by atoms with Crippen molar-refractivity contribution in [2.24, 2.45) is 0 Å². The van der Waals surface area contributed by atoms with E-state index in [4.69, 9.17) is 16.7 Å². The van der Waals surface area contributed by atoms with Crippen LogP contribution in [0.1, 0.15) is 27.9 Å². The molecular weight excluding hydrogens is 360 g/mol. The minimum atomic E-state index is -1.08. The summed E-state index contributed by atoms with van der Waals surface area (Å²) in [4.78, 5) is 29.5. The van der Waals surface area contributed by atoms with Crippen LogP contribution >= 0.6 is 23.4 Å². The number of hydrogen-bond acceptors (Lipinski definition) is 4. The number of benzene rings is 1. The Morgan fingerprint density at radius 2 is 2.20 bits per heavy atom. The summed E-state index contributed by atoms with van der Waals surface area (Å²) in [6.45, 7) is 2.72. The molecule has 25 heavy (non-hydrogen) atoms. The highest BCUT2D eigenvalue weighted by molar-refractivity contribution is 8.00. The number of carbonyl (C=O) groups excluding carboxylic acids is 1. The number of halogens is 1. The van der Waals surface area contributed by atoms with E-state index in [1.54, 1.807) is 0 Å². The lowest BCUT2D eigenvalue weighted by Crippen LogP contribution is -2.37. The van der Waals surface area contributed by atoms with E-state index in [0.717, 1.165) is 24.1 Å². The largest absolute Gasteiger partial charge is 0.478 e. The summed E-state index contributed by atoms with van der Waals surface area (Å²) in [6.07, 6.45) is 3.18. The Bertz CT molecular complexity index is 841. The van der Waals surface area contributed by atoms with Crippen molar-refractivity contribution in [3.8, 4) is 0 Å². The van der Waals surface area contributed by atoms with Crippen LogP contribution in [-0.4, -0.2) is 34.3 Å². The molecule has 7 heteroatoms. The number of thioether (sulfide) groups is 1. The number of carboxylic acid groups (broad SMARTS) is 1. The summed E-state index contributed by atoms with van der Waals surface area (Å²) in [5.41, 5.74) is 3.34. The van der Waals surface area contributed by atoms with Gasteiger partial charge in [0.15, 0.2) is 0 Å². The Morgan fingerprint density at radius 3 is 2.92 bits per heavy atom. The lowest BCUT2D eigenvalue weighted by Gasteiger charge is -2.31. The van der Waals surface area contributed by atoms with Crippen LogP contribution in [0.5, 0.6) is 0 Å².